The van der Waals surface area contributed by atoms with Gasteiger partial charge in [-0.15, -0.1) is 11.3 Å². The van der Waals surface area contributed by atoms with Crippen molar-refractivity contribution in [2.45, 2.75) is 90.5 Å². The van der Waals surface area contributed by atoms with E-state index in [1.807, 2.05) is 6.79 Å². The maximum Gasteiger partial charge on any atom is 0.220 e. The fraction of sp³-hybridized carbons (Fsp3) is 0.636. The summed E-state index contributed by atoms with van der Waals surface area (Å²) in [5.74, 6) is 0.902. The number of rotatable bonds is 11. The summed E-state index contributed by atoms with van der Waals surface area (Å²) in [4.78, 5) is 37.8. The summed E-state index contributed by atoms with van der Waals surface area (Å²) in [5.41, 5.74) is 11.5. The molecule has 5 N–H and O–H groups in total. The molecule has 0 aliphatic carbocycles. The van der Waals surface area contributed by atoms with E-state index in [4.69, 9.17) is 14.5 Å². The molecule has 2 saturated heterocycles. The van der Waals surface area contributed by atoms with E-state index < -0.39 is 0 Å². The van der Waals surface area contributed by atoms with E-state index in [1.54, 1.807) is 18.3 Å². The van der Waals surface area contributed by atoms with E-state index >= 15 is 0 Å². The number of fused-ring (bicyclic) bond motifs is 1. The van der Waals surface area contributed by atoms with Gasteiger partial charge in [0.2, 0.25) is 11.8 Å². The molecule has 2 aliphatic heterocycles. The molecule has 1 aromatic carbocycles. The van der Waals surface area contributed by atoms with Crippen molar-refractivity contribution in [1.82, 2.24) is 15.2 Å². The lowest BCUT2D eigenvalue weighted by molar-refractivity contribution is -0.122. The summed E-state index contributed by atoms with van der Waals surface area (Å²) in [6.07, 6.45) is 13.2. The number of nitrogens with zero attached hydrogens (tertiary/aromatic N) is 2. The smallest absolute Gasteiger partial charge is 0.220 e. The van der Waals surface area contributed by atoms with Gasteiger partial charge in [-0.05, 0) is 81.8 Å². The number of piperidine rings is 1. The second-order valence-electron chi connectivity index (χ2n) is 11.0. The van der Waals surface area contributed by atoms with Crippen LogP contribution < -0.4 is 16.8 Å². The van der Waals surface area contributed by atoms with E-state index in [9.17, 15) is 9.59 Å². The number of hydrogen-bond acceptors (Lipinski definition) is 8. The predicted octanol–water partition coefficient (Wildman–Crippen LogP) is 4.97. The fourth-order valence-corrected chi connectivity index (χ4v) is 6.07. The van der Waals surface area contributed by atoms with Crippen LogP contribution in [0.3, 0.4) is 0 Å². The van der Waals surface area contributed by atoms with Gasteiger partial charge in [0, 0.05) is 45.1 Å². The highest BCUT2D eigenvalue weighted by atomic mass is 32.1. The molecule has 0 bridgehead atoms. The van der Waals surface area contributed by atoms with Gasteiger partial charge < -0.3 is 26.3 Å². The third-order valence-electron chi connectivity index (χ3n) is 7.59. The number of carbonyl (C=O) groups is 3. The van der Waals surface area contributed by atoms with Crippen molar-refractivity contribution in [2.75, 3.05) is 39.9 Å². The van der Waals surface area contributed by atoms with E-state index in [2.05, 4.69) is 65.9 Å². The second-order valence-corrected chi connectivity index (χ2v) is 12.1. The molecule has 2 amide bonds. The highest BCUT2D eigenvalue weighted by Gasteiger charge is 2.24. The van der Waals surface area contributed by atoms with Gasteiger partial charge in [-0.2, -0.15) is 0 Å². The van der Waals surface area contributed by atoms with Crippen LogP contribution in [0, 0.1) is 5.92 Å². The maximum atomic E-state index is 12.9. The molecule has 1 unspecified atom stereocenters. The van der Waals surface area contributed by atoms with Gasteiger partial charge in [-0.25, -0.2) is 4.98 Å². The van der Waals surface area contributed by atoms with Crippen LogP contribution in [0.1, 0.15) is 88.6 Å². The Morgan fingerprint density at radius 3 is 2.40 bits per heavy atom. The summed E-state index contributed by atoms with van der Waals surface area (Å²) in [7, 11) is 1.50. The van der Waals surface area contributed by atoms with Gasteiger partial charge in [0.05, 0.1) is 15.2 Å². The third kappa shape index (κ3) is 15.1. The van der Waals surface area contributed by atoms with Crippen LogP contribution in [0.5, 0.6) is 0 Å². The van der Waals surface area contributed by atoms with Gasteiger partial charge in [0.1, 0.15) is 6.79 Å². The lowest BCUT2D eigenvalue weighted by Crippen LogP contribution is -2.42. The lowest BCUT2D eigenvalue weighted by Gasteiger charge is -2.30. The number of primary amides is 1. The van der Waals surface area contributed by atoms with Crippen LogP contribution in [0.4, 0.5) is 0 Å². The molecular weight excluding hydrogens is 562 g/mol. The number of amides is 2. The largest absolute Gasteiger partial charge is 0.381 e. The zero-order chi connectivity index (χ0) is 32.0. The average Bonchev–Trinajstić information content (AvgIpc) is 3.47. The van der Waals surface area contributed by atoms with E-state index in [0.29, 0.717) is 31.1 Å². The van der Waals surface area contributed by atoms with Crippen LogP contribution in [0.2, 0.25) is 0 Å². The van der Waals surface area contributed by atoms with Gasteiger partial charge in [0.25, 0.3) is 0 Å². The zero-order valence-electron chi connectivity index (χ0n) is 26.8. The number of likely N-dealkylation sites (tertiary alicyclic amines) is 1. The molecule has 43 heavy (non-hydrogen) atoms. The Morgan fingerprint density at radius 1 is 1.14 bits per heavy atom. The summed E-state index contributed by atoms with van der Waals surface area (Å²) in [5, 5.41) is 4.42. The lowest BCUT2D eigenvalue weighted by atomic mass is 9.89. The Balaban J connectivity index is 0.000000917. The molecule has 2 aliphatic rings. The first kappa shape index (κ1) is 38.4. The minimum absolute atomic E-state index is 0.142. The van der Waals surface area contributed by atoms with Gasteiger partial charge in [-0.1, -0.05) is 45.4 Å². The fourth-order valence-electron chi connectivity index (χ4n) is 5.05. The van der Waals surface area contributed by atoms with Crippen molar-refractivity contribution >= 4 is 40.2 Å². The van der Waals surface area contributed by atoms with Crippen LogP contribution in [-0.2, 0) is 25.5 Å². The topological polar surface area (TPSA) is 141 Å². The minimum Gasteiger partial charge on any atom is -0.381 e. The molecule has 0 radical (unpaired) electrons. The molecule has 10 heteroatoms. The molecule has 2 fully saturated rings. The Morgan fingerprint density at radius 2 is 1.79 bits per heavy atom. The predicted molar refractivity (Wildman–Crippen MR) is 178 cm³/mol. The molecule has 4 rings (SSSR count). The molecule has 0 saturated carbocycles. The molecule has 0 spiro atoms. The van der Waals surface area contributed by atoms with Crippen molar-refractivity contribution in [3.63, 3.8) is 0 Å². The molecule has 1 aromatic heterocycles. The van der Waals surface area contributed by atoms with Gasteiger partial charge in [0.15, 0.2) is 0 Å². The first-order valence-corrected chi connectivity index (χ1v) is 16.5. The Hall–Kier alpha value is -2.66. The molecule has 9 nitrogen and oxygen atoms in total. The number of ether oxygens (including phenoxy) is 1. The molecule has 2 aromatic rings. The third-order valence-corrected chi connectivity index (χ3v) is 8.67. The number of nitrogens with one attached hydrogen (secondary N) is 1. The van der Waals surface area contributed by atoms with Gasteiger partial charge in [-0.3, -0.25) is 14.5 Å². The van der Waals surface area contributed by atoms with E-state index in [0.717, 1.165) is 49.5 Å². The number of aryl methyl sites for hydroxylation is 1. The Bertz CT molecular complexity index is 1080. The number of nitrogens with two attached hydrogens (primary N) is 2. The van der Waals surface area contributed by atoms with Crippen molar-refractivity contribution in [3.05, 3.63) is 40.9 Å². The maximum absolute atomic E-state index is 12.9. The molecular formula is C33H55N5O4S. The monoisotopic (exact) mass is 617 g/mol. The first-order valence-electron chi connectivity index (χ1n) is 15.6. The number of carbonyl (C=O) groups excluding carboxylic acids is 3. The van der Waals surface area contributed by atoms with Crippen LogP contribution in [0.25, 0.3) is 10.2 Å². The quantitative estimate of drug-likeness (QED) is 0.303. The summed E-state index contributed by atoms with van der Waals surface area (Å²) in [6.45, 7) is 13.2. The van der Waals surface area contributed by atoms with E-state index in [1.165, 1.54) is 49.7 Å². The number of aromatic nitrogens is 1. The van der Waals surface area contributed by atoms with Crippen molar-refractivity contribution in [3.8, 4) is 0 Å². The summed E-state index contributed by atoms with van der Waals surface area (Å²) < 4.78 is 6.80. The van der Waals surface area contributed by atoms with E-state index in [-0.39, 0.29) is 17.9 Å². The van der Waals surface area contributed by atoms with Crippen molar-refractivity contribution in [1.29, 1.82) is 0 Å². The Labute approximate surface area is 262 Å². The average molecular weight is 618 g/mol. The molecule has 242 valence electrons. The standard InChI is InChI=1S/C28H41N3O2S.C3H7NO.CH5N.CH2O/c1-21(2)23-9-10-25-26(20-23)34-28(30-25)12-11-27(32)29-24(22-13-18-33-19-14-22)8-4-7-17-31-15-5-3-6-16-31;1-2-3(4)5;2*1-2/h4,7,9-10,20-22,24H,3,5-6,8,11-19H2,1-2H3,(H,29,32);2H2,1H3,(H2,4,5);2H2,1H3;1H2/b7-4+;;;. The van der Waals surface area contributed by atoms with Crippen LogP contribution in [0.15, 0.2) is 30.4 Å². The molecule has 3 heterocycles. The zero-order valence-corrected chi connectivity index (χ0v) is 27.6. The highest BCUT2D eigenvalue weighted by Crippen LogP contribution is 2.27. The van der Waals surface area contributed by atoms with Crippen molar-refractivity contribution in [2.24, 2.45) is 17.4 Å². The first-order chi connectivity index (χ1) is 20.9. The molecule has 1 atom stereocenters. The minimum atomic E-state index is -0.245. The Kier molecular flexibility index (Phi) is 20.4. The summed E-state index contributed by atoms with van der Waals surface area (Å²) >= 11 is 1.72. The number of benzene rings is 1. The second kappa shape index (κ2) is 22.8. The normalized spacial score (nSPS) is 16.3. The van der Waals surface area contributed by atoms with Crippen molar-refractivity contribution < 1.29 is 19.1 Å². The summed E-state index contributed by atoms with van der Waals surface area (Å²) in [6, 6.07) is 6.72. The van der Waals surface area contributed by atoms with Crippen LogP contribution in [-0.4, -0.2) is 74.4 Å². The number of thiazole rings is 1. The van der Waals surface area contributed by atoms with Crippen LogP contribution >= 0.6 is 11.3 Å². The van der Waals surface area contributed by atoms with Gasteiger partial charge >= 0.3 is 0 Å². The highest BCUT2D eigenvalue weighted by molar-refractivity contribution is 7.18. The SMILES string of the molecule is C=O.CC(C)c1ccc2nc(CCC(=O)NC(C/C=C/CN3CCCCC3)C3CCOCC3)sc2c1.CCC(N)=O.CN. The number of hydrogen-bond donors (Lipinski definition) is 3.